The maximum atomic E-state index is 13.9. The van der Waals surface area contributed by atoms with Crippen molar-refractivity contribution < 1.29 is 24.1 Å². The summed E-state index contributed by atoms with van der Waals surface area (Å²) < 4.78 is 18.1. The number of benzene rings is 2. The van der Waals surface area contributed by atoms with Gasteiger partial charge in [0.25, 0.3) is 11.5 Å². The Balaban J connectivity index is 2.00. The molecule has 1 aliphatic heterocycles. The lowest BCUT2D eigenvalue weighted by molar-refractivity contribution is -0.127. The van der Waals surface area contributed by atoms with Gasteiger partial charge in [-0.05, 0) is 50.6 Å². The Morgan fingerprint density at radius 3 is 2.26 bits per heavy atom. The van der Waals surface area contributed by atoms with E-state index in [1.165, 1.54) is 25.6 Å². The van der Waals surface area contributed by atoms with Crippen LogP contribution in [-0.4, -0.2) is 54.9 Å². The molecule has 0 spiro atoms. The first-order valence-electron chi connectivity index (χ1n) is 12.2. The number of fused-ring (bicyclic) bond motifs is 1. The molecule has 4 rings (SSSR count). The second-order valence-corrected chi connectivity index (χ2v) is 9.58. The number of hydrogen-bond acceptors (Lipinski definition) is 8. The summed E-state index contributed by atoms with van der Waals surface area (Å²) in [6.45, 7) is 6.70. The number of rotatable bonds is 8. The van der Waals surface area contributed by atoms with E-state index in [0.717, 1.165) is 0 Å². The fraction of sp³-hybridized carbons (Fsp3) is 0.321. The van der Waals surface area contributed by atoms with Crippen LogP contribution < -0.4 is 29.1 Å². The number of methoxy groups -OCH3 is 3. The summed E-state index contributed by atoms with van der Waals surface area (Å²) in [5, 5.41) is 10.3. The van der Waals surface area contributed by atoms with Crippen LogP contribution in [0, 0.1) is 0 Å². The van der Waals surface area contributed by atoms with Crippen molar-refractivity contribution in [1.82, 2.24) is 9.47 Å². The van der Waals surface area contributed by atoms with Crippen molar-refractivity contribution in [3.63, 3.8) is 0 Å². The van der Waals surface area contributed by atoms with Gasteiger partial charge < -0.3 is 24.2 Å². The topological polar surface area (TPSA) is 103 Å². The number of allylic oxidation sites excluding steroid dienone is 1. The Morgan fingerprint density at radius 2 is 1.68 bits per heavy atom. The van der Waals surface area contributed by atoms with Gasteiger partial charge in [-0.25, -0.2) is 4.99 Å². The molecular weight excluding hydrogens is 506 g/mol. The lowest BCUT2D eigenvalue weighted by Crippen LogP contribution is -2.43. The number of ether oxygens (including phenoxy) is 3. The molecule has 1 aromatic heterocycles. The number of hydrogen-bond donors (Lipinski definition) is 1. The zero-order valence-electron chi connectivity index (χ0n) is 22.3. The fourth-order valence-corrected chi connectivity index (χ4v) is 5.66. The number of phenols is 1. The highest BCUT2D eigenvalue weighted by Gasteiger charge is 2.35. The molecule has 3 aromatic rings. The molecule has 0 bridgehead atoms. The van der Waals surface area contributed by atoms with Crippen LogP contribution in [0.15, 0.2) is 57.5 Å². The summed E-state index contributed by atoms with van der Waals surface area (Å²) in [6.07, 6.45) is 1.69. The number of nitrogens with zero attached hydrogens (tertiary/aromatic N) is 3. The summed E-state index contributed by atoms with van der Waals surface area (Å²) in [7, 11) is 4.45. The van der Waals surface area contributed by atoms with Crippen LogP contribution in [0.2, 0.25) is 0 Å². The molecule has 38 heavy (non-hydrogen) atoms. The minimum Gasteiger partial charge on any atom is -0.502 e. The number of carbonyl (C=O) groups excluding carboxylic acids is 1. The van der Waals surface area contributed by atoms with E-state index in [1.807, 2.05) is 38.1 Å². The molecule has 10 heteroatoms. The number of thiazole rings is 1. The molecule has 0 unspecified atom stereocenters. The van der Waals surface area contributed by atoms with Gasteiger partial charge in [-0.3, -0.25) is 14.2 Å². The second kappa shape index (κ2) is 11.1. The smallest absolute Gasteiger partial charge is 0.271 e. The normalized spacial score (nSPS) is 15.1. The second-order valence-electron chi connectivity index (χ2n) is 8.58. The van der Waals surface area contributed by atoms with Gasteiger partial charge in [-0.15, -0.1) is 0 Å². The van der Waals surface area contributed by atoms with Crippen LogP contribution >= 0.6 is 11.3 Å². The zero-order chi connectivity index (χ0) is 27.6. The Hall–Kier alpha value is -4.05. The lowest BCUT2D eigenvalue weighted by Gasteiger charge is -2.29. The van der Waals surface area contributed by atoms with Gasteiger partial charge in [-0.1, -0.05) is 29.5 Å². The van der Waals surface area contributed by atoms with E-state index in [1.54, 1.807) is 41.7 Å². The Bertz CT molecular complexity index is 1560. The number of aromatic nitrogens is 1. The van der Waals surface area contributed by atoms with Crippen molar-refractivity contribution in [2.45, 2.75) is 26.8 Å². The molecule has 1 aliphatic rings. The molecule has 0 radical (unpaired) electrons. The Morgan fingerprint density at radius 1 is 1.08 bits per heavy atom. The Labute approximate surface area is 224 Å². The number of para-hydroxylation sites is 1. The van der Waals surface area contributed by atoms with Gasteiger partial charge in [0.1, 0.15) is 11.8 Å². The van der Waals surface area contributed by atoms with Crippen LogP contribution in [0.3, 0.4) is 0 Å². The first kappa shape index (κ1) is 27.0. The summed E-state index contributed by atoms with van der Waals surface area (Å²) >= 11 is 1.22. The maximum Gasteiger partial charge on any atom is 0.271 e. The van der Waals surface area contributed by atoms with Gasteiger partial charge >= 0.3 is 0 Å². The summed E-state index contributed by atoms with van der Waals surface area (Å²) in [6, 6.07) is 9.90. The molecule has 0 fully saturated rings. The maximum absolute atomic E-state index is 13.9. The van der Waals surface area contributed by atoms with Crippen LogP contribution in [0.4, 0.5) is 0 Å². The van der Waals surface area contributed by atoms with E-state index in [2.05, 4.69) is 0 Å². The number of amides is 1. The summed E-state index contributed by atoms with van der Waals surface area (Å²) in [5.74, 6) is 0.713. The zero-order valence-corrected chi connectivity index (χ0v) is 23.1. The minimum absolute atomic E-state index is 0.125. The SMILES string of the molecule is CCN(CC)C(=O)C1=C(C)N=c2s/c(=C/c3cc(OC)c(O)c(OC)c3)c(=O)n2[C@@H]1c1ccccc1OC. The van der Waals surface area contributed by atoms with Crippen molar-refractivity contribution in [3.05, 3.63) is 78.5 Å². The predicted octanol–water partition coefficient (Wildman–Crippen LogP) is 2.84. The quantitative estimate of drug-likeness (QED) is 0.474. The Kier molecular flexibility index (Phi) is 7.91. The molecule has 2 heterocycles. The molecule has 200 valence electrons. The first-order chi connectivity index (χ1) is 18.3. The number of phenolic OH excluding ortho intramolecular Hbond substituents is 1. The van der Waals surface area contributed by atoms with Crippen LogP contribution in [0.5, 0.6) is 23.0 Å². The molecule has 0 aliphatic carbocycles. The molecule has 1 amide bonds. The number of likely N-dealkylation sites (N-methyl/N-ethyl adjacent to an activating group) is 1. The fourth-order valence-electron chi connectivity index (χ4n) is 4.61. The van der Waals surface area contributed by atoms with Crippen molar-refractivity contribution in [1.29, 1.82) is 0 Å². The molecule has 9 nitrogen and oxygen atoms in total. The van der Waals surface area contributed by atoms with E-state index in [-0.39, 0.29) is 28.7 Å². The van der Waals surface area contributed by atoms with Crippen LogP contribution in [-0.2, 0) is 4.79 Å². The third-order valence-corrected chi connectivity index (χ3v) is 7.52. The standard InChI is InChI=1S/C28H31N3O6S/c1-7-30(8-2)27(34)23-16(3)29-28-31(24(23)18-11-9-10-12-19(18)35-4)26(33)22(38-28)15-17-13-20(36-5)25(32)21(14-17)37-6/h9-15,24,32H,7-8H2,1-6H3/b22-15+/t24-/m1/s1. The molecule has 2 aromatic carbocycles. The number of carbonyl (C=O) groups is 1. The van der Waals surface area contributed by atoms with E-state index >= 15 is 0 Å². The van der Waals surface area contributed by atoms with Gasteiger partial charge in [0, 0.05) is 18.7 Å². The molecule has 0 saturated carbocycles. The van der Waals surface area contributed by atoms with Crippen molar-refractivity contribution in [3.8, 4) is 23.0 Å². The van der Waals surface area contributed by atoms with E-state index < -0.39 is 6.04 Å². The highest BCUT2D eigenvalue weighted by atomic mass is 32.1. The monoisotopic (exact) mass is 537 g/mol. The molecular formula is C28H31N3O6S. The van der Waals surface area contributed by atoms with Crippen LogP contribution in [0.1, 0.15) is 37.9 Å². The lowest BCUT2D eigenvalue weighted by atomic mass is 9.94. The van der Waals surface area contributed by atoms with Gasteiger partial charge in [0.15, 0.2) is 16.3 Å². The summed E-state index contributed by atoms with van der Waals surface area (Å²) in [5.41, 5.74) is 1.99. The minimum atomic E-state index is -0.721. The van der Waals surface area contributed by atoms with E-state index in [9.17, 15) is 14.7 Å². The largest absolute Gasteiger partial charge is 0.502 e. The van der Waals surface area contributed by atoms with Crippen molar-refractivity contribution >= 4 is 23.3 Å². The third kappa shape index (κ3) is 4.67. The van der Waals surface area contributed by atoms with Crippen LogP contribution in [0.25, 0.3) is 6.08 Å². The van der Waals surface area contributed by atoms with Gasteiger partial charge in [0.2, 0.25) is 5.75 Å². The van der Waals surface area contributed by atoms with Gasteiger partial charge in [0.05, 0.1) is 37.1 Å². The van der Waals surface area contributed by atoms with Gasteiger partial charge in [-0.2, -0.15) is 0 Å². The molecule has 1 atom stereocenters. The summed E-state index contributed by atoms with van der Waals surface area (Å²) in [4.78, 5) is 34.6. The van der Waals surface area contributed by atoms with E-state index in [0.29, 0.717) is 50.6 Å². The average molecular weight is 538 g/mol. The highest BCUT2D eigenvalue weighted by molar-refractivity contribution is 7.07. The third-order valence-electron chi connectivity index (χ3n) is 6.54. The number of aromatic hydroxyl groups is 1. The highest BCUT2D eigenvalue weighted by Crippen LogP contribution is 2.38. The average Bonchev–Trinajstić information content (AvgIpc) is 3.23. The van der Waals surface area contributed by atoms with Crippen molar-refractivity contribution in [2.75, 3.05) is 34.4 Å². The van der Waals surface area contributed by atoms with E-state index in [4.69, 9.17) is 19.2 Å². The first-order valence-corrected chi connectivity index (χ1v) is 13.0. The predicted molar refractivity (Wildman–Crippen MR) is 146 cm³/mol. The molecule has 1 N–H and O–H groups in total. The van der Waals surface area contributed by atoms with Crippen molar-refractivity contribution in [2.24, 2.45) is 4.99 Å². The molecule has 0 saturated heterocycles.